The van der Waals surface area contributed by atoms with E-state index >= 15 is 0 Å². The minimum atomic E-state index is -0.612. The quantitative estimate of drug-likeness (QED) is 0.732. The number of hydrogen-bond acceptors (Lipinski definition) is 0. The molecule has 0 nitrogen and oxygen atoms in total. The van der Waals surface area contributed by atoms with Gasteiger partial charge in [0.2, 0.25) is 0 Å². The zero-order valence-electron chi connectivity index (χ0n) is 13.1. The van der Waals surface area contributed by atoms with Gasteiger partial charge in [0.05, 0.1) is 0 Å². The van der Waals surface area contributed by atoms with Crippen LogP contribution in [0.5, 0.6) is 0 Å². The van der Waals surface area contributed by atoms with Crippen LogP contribution in [0.15, 0.2) is 66.3 Å². The van der Waals surface area contributed by atoms with Gasteiger partial charge in [-0.2, -0.15) is 0 Å². The van der Waals surface area contributed by atoms with Gasteiger partial charge in [0, 0.05) is 0 Å². The van der Waals surface area contributed by atoms with Crippen molar-refractivity contribution in [3.05, 3.63) is 77.4 Å². The first-order chi connectivity index (χ1) is 10.8. The summed E-state index contributed by atoms with van der Waals surface area (Å²) in [5, 5.41) is 0. The standard InChI is InChI=1S/C18H13.C3H6.Zr/c1-2-8-13(7-1)18-16-11-5-3-9-14(16)15-10-4-6-12-17(15)18;1-3-2;/h1-7,9-11,18H,8H2;1-2H3;. The molecule has 107 valence electrons. The van der Waals surface area contributed by atoms with E-state index in [1.807, 2.05) is 0 Å². The monoisotopic (exact) mass is 361 g/mol. The van der Waals surface area contributed by atoms with E-state index in [2.05, 4.69) is 74.5 Å². The first-order valence-electron chi connectivity index (χ1n) is 7.90. The van der Waals surface area contributed by atoms with Gasteiger partial charge >= 0.3 is 144 Å². The van der Waals surface area contributed by atoms with E-state index in [0.717, 1.165) is 6.42 Å². The molecular weight excluding hydrogens is 343 g/mol. The Kier molecular flexibility index (Phi) is 3.70. The van der Waals surface area contributed by atoms with Crippen LogP contribution in [0.1, 0.15) is 37.3 Å². The first-order valence-corrected chi connectivity index (χ1v) is 10.4. The summed E-state index contributed by atoms with van der Waals surface area (Å²) in [7, 11) is 0. The molecule has 0 spiro atoms. The van der Waals surface area contributed by atoms with E-state index < -0.39 is 22.8 Å². The number of allylic oxidation sites excluding steroid dienone is 4. The van der Waals surface area contributed by atoms with Crippen molar-refractivity contribution in [1.82, 2.24) is 0 Å². The Hall–Kier alpha value is -1.33. The Morgan fingerprint density at radius 3 is 2.59 bits per heavy atom. The summed E-state index contributed by atoms with van der Waals surface area (Å²) >= 11 is -0.612. The third-order valence-corrected chi connectivity index (χ3v) is 7.47. The second kappa shape index (κ2) is 5.71. The molecular formula is C21H19Zr. The fourth-order valence-electron chi connectivity index (χ4n) is 3.70. The fraction of sp³-hybridized carbons (Fsp3) is 0.190. The number of rotatable bonds is 2. The molecule has 0 aliphatic heterocycles. The fourth-order valence-corrected chi connectivity index (χ4v) is 6.48. The molecule has 4 rings (SSSR count). The molecule has 0 saturated heterocycles. The van der Waals surface area contributed by atoms with E-state index in [1.165, 1.54) is 16.7 Å². The third-order valence-electron chi connectivity index (χ3n) is 4.51. The Morgan fingerprint density at radius 1 is 1.00 bits per heavy atom. The molecule has 0 amide bonds. The summed E-state index contributed by atoms with van der Waals surface area (Å²) in [5.74, 6) is 0.484. The predicted molar refractivity (Wildman–Crippen MR) is 91.6 cm³/mol. The van der Waals surface area contributed by atoms with E-state index in [1.54, 1.807) is 17.6 Å². The number of benzene rings is 2. The topological polar surface area (TPSA) is 0 Å². The second-order valence-electron chi connectivity index (χ2n) is 6.29. The van der Waals surface area contributed by atoms with Gasteiger partial charge in [0.15, 0.2) is 0 Å². The molecule has 2 aromatic rings. The molecule has 2 aliphatic carbocycles. The second-order valence-corrected chi connectivity index (χ2v) is 10.7. The van der Waals surface area contributed by atoms with Gasteiger partial charge in [-0.15, -0.1) is 0 Å². The summed E-state index contributed by atoms with van der Waals surface area (Å²) in [6.07, 6.45) is 7.94. The van der Waals surface area contributed by atoms with E-state index in [9.17, 15) is 0 Å². The number of hydrogen-bond donors (Lipinski definition) is 0. The Balaban J connectivity index is 1.99. The molecule has 1 heteroatoms. The van der Waals surface area contributed by atoms with Gasteiger partial charge in [-0.25, -0.2) is 0 Å². The van der Waals surface area contributed by atoms with Crippen LogP contribution < -0.4 is 3.27 Å². The molecule has 0 aromatic heterocycles. The van der Waals surface area contributed by atoms with Crippen LogP contribution in [-0.4, -0.2) is 3.21 Å². The summed E-state index contributed by atoms with van der Waals surface area (Å²) in [6, 6.07) is 16.0. The van der Waals surface area contributed by atoms with Crippen LogP contribution in [0.3, 0.4) is 0 Å². The van der Waals surface area contributed by atoms with Crippen LogP contribution in [-0.2, 0) is 22.8 Å². The van der Waals surface area contributed by atoms with Crippen molar-refractivity contribution < 1.29 is 22.8 Å². The molecule has 0 radical (unpaired) electrons. The van der Waals surface area contributed by atoms with E-state index in [-0.39, 0.29) is 0 Å². The molecule has 1 unspecified atom stereocenters. The molecule has 22 heavy (non-hydrogen) atoms. The van der Waals surface area contributed by atoms with Gasteiger partial charge in [0.25, 0.3) is 0 Å². The van der Waals surface area contributed by atoms with Crippen molar-refractivity contribution in [2.45, 2.75) is 26.2 Å². The Morgan fingerprint density at radius 2 is 1.82 bits per heavy atom. The van der Waals surface area contributed by atoms with Crippen molar-refractivity contribution in [2.24, 2.45) is 0 Å². The molecule has 1 atom stereocenters. The zero-order chi connectivity index (χ0) is 15.1. The summed E-state index contributed by atoms with van der Waals surface area (Å²) in [4.78, 5) is 0. The van der Waals surface area contributed by atoms with Crippen molar-refractivity contribution >= 4 is 6.48 Å². The molecule has 2 aromatic carbocycles. The molecule has 2 aliphatic rings. The predicted octanol–water partition coefficient (Wildman–Crippen LogP) is 4.61. The van der Waals surface area contributed by atoms with Crippen molar-refractivity contribution in [2.75, 3.05) is 0 Å². The normalized spacial score (nSPS) is 17.7. The summed E-state index contributed by atoms with van der Waals surface area (Å²) < 4.78 is 3.31. The van der Waals surface area contributed by atoms with Crippen molar-refractivity contribution in [3.8, 4) is 11.1 Å². The minimum absolute atomic E-state index is 0.484. The molecule has 0 bridgehead atoms. The molecule has 0 heterocycles. The average Bonchev–Trinajstić information content (AvgIpc) is 3.12. The molecule has 0 fully saturated rings. The van der Waals surface area contributed by atoms with Crippen molar-refractivity contribution in [1.29, 1.82) is 0 Å². The zero-order valence-corrected chi connectivity index (χ0v) is 15.5. The Bertz CT molecular complexity index is 833. The van der Waals surface area contributed by atoms with Gasteiger partial charge in [-0.1, -0.05) is 0 Å². The van der Waals surface area contributed by atoms with E-state index in [0.29, 0.717) is 5.92 Å². The maximum atomic E-state index is 2.39. The van der Waals surface area contributed by atoms with Crippen LogP contribution in [0.4, 0.5) is 0 Å². The molecule has 0 saturated carbocycles. The molecule has 0 N–H and O–H groups in total. The van der Waals surface area contributed by atoms with E-state index in [4.69, 9.17) is 0 Å². The summed E-state index contributed by atoms with van der Waals surface area (Å²) in [6.45, 7) is 4.61. The Labute approximate surface area is 143 Å². The SMILES string of the molecule is C[C](C)=[Zr][c]1cccc2c1C(C1=CC=CC1)c1ccccc1-2. The van der Waals surface area contributed by atoms with Gasteiger partial charge < -0.3 is 0 Å². The maximum absolute atomic E-state index is 2.39. The summed E-state index contributed by atoms with van der Waals surface area (Å²) in [5.41, 5.74) is 7.62. The average molecular weight is 363 g/mol. The van der Waals surface area contributed by atoms with Crippen LogP contribution in [0.25, 0.3) is 11.1 Å². The van der Waals surface area contributed by atoms with Gasteiger partial charge in [-0.3, -0.25) is 0 Å². The van der Waals surface area contributed by atoms with Crippen molar-refractivity contribution in [3.63, 3.8) is 0 Å². The van der Waals surface area contributed by atoms with Gasteiger partial charge in [-0.05, 0) is 0 Å². The third kappa shape index (κ3) is 2.27. The first kappa shape index (κ1) is 14.3. The van der Waals surface area contributed by atoms with Crippen LogP contribution >= 0.6 is 0 Å². The van der Waals surface area contributed by atoms with Crippen LogP contribution in [0.2, 0.25) is 0 Å². The van der Waals surface area contributed by atoms with Crippen LogP contribution in [0, 0.1) is 0 Å². The van der Waals surface area contributed by atoms with Gasteiger partial charge in [0.1, 0.15) is 0 Å². The number of fused-ring (bicyclic) bond motifs is 3.